The topological polar surface area (TPSA) is 32.3 Å². The van der Waals surface area contributed by atoms with Crippen molar-refractivity contribution in [1.29, 1.82) is 0 Å². The van der Waals surface area contributed by atoms with Crippen LogP contribution < -0.4 is 5.32 Å². The van der Waals surface area contributed by atoms with Gasteiger partial charge in [-0.1, -0.05) is 26.2 Å². The van der Waals surface area contributed by atoms with Gasteiger partial charge in [-0.15, -0.1) is 0 Å². The van der Waals surface area contributed by atoms with Crippen molar-refractivity contribution in [2.45, 2.75) is 45.6 Å². The molecule has 0 saturated heterocycles. The molecule has 62 valence electrons. The number of aliphatic hydroxyl groups excluding tert-OH is 1. The second-order valence-electron chi connectivity index (χ2n) is 2.76. The molecule has 2 heteroatoms. The number of aliphatic hydroxyl groups is 1. The number of hydrogen-bond donors (Lipinski definition) is 2. The third-order valence-corrected chi connectivity index (χ3v) is 1.68. The molecule has 1 unspecified atom stereocenters. The molecule has 0 fully saturated rings. The number of unbranched alkanes of at least 4 members (excludes halogenated alkanes) is 2. The normalized spacial score (nSPS) is 13.5. The molecule has 0 saturated carbocycles. The fourth-order valence-corrected chi connectivity index (χ4v) is 0.958. The molecule has 0 aromatic heterocycles. The van der Waals surface area contributed by atoms with Crippen LogP contribution in [-0.4, -0.2) is 17.9 Å². The average molecular weight is 145 g/mol. The fraction of sp³-hybridized carbons (Fsp3) is 1.00. The summed E-state index contributed by atoms with van der Waals surface area (Å²) in [5, 5.41) is 11.4. The fourth-order valence-electron chi connectivity index (χ4n) is 0.958. The van der Waals surface area contributed by atoms with Gasteiger partial charge in [0.1, 0.15) is 0 Å². The summed E-state index contributed by atoms with van der Waals surface area (Å²) in [5.74, 6) is 0. The van der Waals surface area contributed by atoms with E-state index in [1.54, 1.807) is 0 Å². The molecule has 1 atom stereocenters. The Morgan fingerprint density at radius 2 is 2.10 bits per heavy atom. The highest BCUT2D eigenvalue weighted by Crippen LogP contribution is 2.01. The van der Waals surface area contributed by atoms with Gasteiger partial charge in [0.15, 0.2) is 0 Å². The van der Waals surface area contributed by atoms with Crippen molar-refractivity contribution in [2.24, 2.45) is 0 Å². The van der Waals surface area contributed by atoms with E-state index in [9.17, 15) is 0 Å². The maximum atomic E-state index is 8.48. The maximum Gasteiger partial charge on any atom is 0.0933 e. The van der Waals surface area contributed by atoms with E-state index in [-0.39, 0.29) is 6.73 Å². The minimum Gasteiger partial charge on any atom is -0.381 e. The van der Waals surface area contributed by atoms with Crippen LogP contribution >= 0.6 is 0 Å². The quantitative estimate of drug-likeness (QED) is 0.438. The molecule has 2 N–H and O–H groups in total. The predicted molar refractivity (Wildman–Crippen MR) is 43.8 cm³/mol. The van der Waals surface area contributed by atoms with E-state index in [0.717, 1.165) is 0 Å². The van der Waals surface area contributed by atoms with Gasteiger partial charge in [-0.3, -0.25) is 5.32 Å². The maximum absolute atomic E-state index is 8.48. The zero-order valence-corrected chi connectivity index (χ0v) is 7.06. The van der Waals surface area contributed by atoms with E-state index in [1.807, 2.05) is 0 Å². The molecule has 0 spiro atoms. The Balaban J connectivity index is 2.97. The molecule has 0 aliphatic carbocycles. The van der Waals surface area contributed by atoms with E-state index in [4.69, 9.17) is 5.11 Å². The number of nitrogens with one attached hydrogen (secondary N) is 1. The van der Waals surface area contributed by atoms with Crippen molar-refractivity contribution in [2.75, 3.05) is 6.73 Å². The summed E-state index contributed by atoms with van der Waals surface area (Å²) in [5.41, 5.74) is 0. The molecule has 0 radical (unpaired) electrons. The van der Waals surface area contributed by atoms with Crippen LogP contribution in [0.1, 0.15) is 39.5 Å². The zero-order valence-electron chi connectivity index (χ0n) is 7.06. The standard InChI is InChI=1S/C8H19NO/c1-3-4-5-6-8(2)9-7-10/h8-10H,3-7H2,1-2H3. The third kappa shape index (κ3) is 6.05. The number of rotatable bonds is 6. The van der Waals surface area contributed by atoms with Gasteiger partial charge < -0.3 is 5.11 Å². The second-order valence-corrected chi connectivity index (χ2v) is 2.76. The first-order valence-electron chi connectivity index (χ1n) is 4.15. The Kier molecular flexibility index (Phi) is 6.98. The molecule has 10 heavy (non-hydrogen) atoms. The van der Waals surface area contributed by atoms with Crippen molar-refractivity contribution in [3.05, 3.63) is 0 Å². The van der Waals surface area contributed by atoms with Gasteiger partial charge in [0.25, 0.3) is 0 Å². The second kappa shape index (κ2) is 7.03. The highest BCUT2D eigenvalue weighted by molar-refractivity contribution is 4.56. The molecule has 2 nitrogen and oxygen atoms in total. The Morgan fingerprint density at radius 3 is 2.60 bits per heavy atom. The van der Waals surface area contributed by atoms with Crippen LogP contribution in [-0.2, 0) is 0 Å². The lowest BCUT2D eigenvalue weighted by atomic mass is 10.1. The summed E-state index contributed by atoms with van der Waals surface area (Å²) < 4.78 is 0. The van der Waals surface area contributed by atoms with Crippen molar-refractivity contribution in [1.82, 2.24) is 5.32 Å². The zero-order chi connectivity index (χ0) is 7.82. The van der Waals surface area contributed by atoms with Gasteiger partial charge in [-0.05, 0) is 13.3 Å². The lowest BCUT2D eigenvalue weighted by molar-refractivity contribution is 0.240. The van der Waals surface area contributed by atoms with Gasteiger partial charge >= 0.3 is 0 Å². The monoisotopic (exact) mass is 145 g/mol. The average Bonchev–Trinajstić information content (AvgIpc) is 1.89. The molecule has 0 amide bonds. The summed E-state index contributed by atoms with van der Waals surface area (Å²) in [7, 11) is 0. The molecule has 0 heterocycles. The Bertz CT molecular complexity index is 66.3. The smallest absolute Gasteiger partial charge is 0.0933 e. The minimum atomic E-state index is 0.104. The molecule has 0 bridgehead atoms. The summed E-state index contributed by atoms with van der Waals surface area (Å²) in [6.07, 6.45) is 5.02. The van der Waals surface area contributed by atoms with Crippen molar-refractivity contribution >= 4 is 0 Å². The molecule has 0 aliphatic rings. The van der Waals surface area contributed by atoms with Gasteiger partial charge in [-0.2, -0.15) is 0 Å². The third-order valence-electron chi connectivity index (χ3n) is 1.68. The summed E-state index contributed by atoms with van der Waals surface area (Å²) in [4.78, 5) is 0. The van der Waals surface area contributed by atoms with E-state index in [1.165, 1.54) is 25.7 Å². The Morgan fingerprint density at radius 1 is 1.40 bits per heavy atom. The van der Waals surface area contributed by atoms with Crippen LogP contribution in [0.4, 0.5) is 0 Å². The highest BCUT2D eigenvalue weighted by atomic mass is 16.3. The van der Waals surface area contributed by atoms with Gasteiger partial charge in [0.05, 0.1) is 6.73 Å². The summed E-state index contributed by atoms with van der Waals surface area (Å²) in [6, 6.07) is 0.469. The van der Waals surface area contributed by atoms with Crippen molar-refractivity contribution in [3.63, 3.8) is 0 Å². The molecule has 0 aromatic rings. The van der Waals surface area contributed by atoms with Crippen LogP contribution in [0.15, 0.2) is 0 Å². The first kappa shape index (κ1) is 9.92. The molecular formula is C8H19NO. The van der Waals surface area contributed by atoms with E-state index < -0.39 is 0 Å². The first-order valence-corrected chi connectivity index (χ1v) is 4.15. The van der Waals surface area contributed by atoms with E-state index >= 15 is 0 Å². The minimum absolute atomic E-state index is 0.104. The highest BCUT2D eigenvalue weighted by Gasteiger charge is 1.97. The van der Waals surface area contributed by atoms with Gasteiger partial charge in [-0.25, -0.2) is 0 Å². The van der Waals surface area contributed by atoms with Crippen LogP contribution in [0.5, 0.6) is 0 Å². The van der Waals surface area contributed by atoms with Gasteiger partial charge in [0, 0.05) is 6.04 Å². The largest absolute Gasteiger partial charge is 0.381 e. The van der Waals surface area contributed by atoms with E-state index in [2.05, 4.69) is 19.2 Å². The van der Waals surface area contributed by atoms with Gasteiger partial charge in [0.2, 0.25) is 0 Å². The molecular weight excluding hydrogens is 126 g/mol. The molecule has 0 aromatic carbocycles. The van der Waals surface area contributed by atoms with Crippen molar-refractivity contribution in [3.8, 4) is 0 Å². The Labute approximate surface area is 63.6 Å². The Hall–Kier alpha value is -0.0800. The summed E-state index contributed by atoms with van der Waals surface area (Å²) >= 11 is 0. The lowest BCUT2D eigenvalue weighted by Gasteiger charge is -2.09. The summed E-state index contributed by atoms with van der Waals surface area (Å²) in [6.45, 7) is 4.41. The number of hydrogen-bond acceptors (Lipinski definition) is 2. The molecule has 0 aliphatic heterocycles. The van der Waals surface area contributed by atoms with Crippen LogP contribution in [0, 0.1) is 0 Å². The first-order chi connectivity index (χ1) is 4.81. The predicted octanol–water partition coefficient (Wildman–Crippen LogP) is 1.49. The van der Waals surface area contributed by atoms with Crippen molar-refractivity contribution < 1.29 is 5.11 Å². The van der Waals surface area contributed by atoms with Crippen LogP contribution in [0.25, 0.3) is 0 Å². The molecule has 0 rings (SSSR count). The van der Waals surface area contributed by atoms with Crippen LogP contribution in [0.2, 0.25) is 0 Å². The van der Waals surface area contributed by atoms with E-state index in [0.29, 0.717) is 6.04 Å². The SMILES string of the molecule is CCCCCC(C)NCO. The van der Waals surface area contributed by atoms with Crippen LogP contribution in [0.3, 0.4) is 0 Å². The lowest BCUT2D eigenvalue weighted by Crippen LogP contribution is -2.26.